The molecule has 0 radical (unpaired) electrons. The molecule has 0 atom stereocenters. The molecule has 0 aliphatic rings. The summed E-state index contributed by atoms with van der Waals surface area (Å²) >= 11 is 1.07. The zero-order chi connectivity index (χ0) is 14.7. The Hall–Kier alpha value is -2.48. The summed E-state index contributed by atoms with van der Waals surface area (Å²) in [6, 6.07) is 5.28. The van der Waals surface area contributed by atoms with E-state index in [1.807, 2.05) is 0 Å². The number of H-pyrrole nitrogens is 1. The zero-order valence-electron chi connectivity index (χ0n) is 10.3. The van der Waals surface area contributed by atoms with E-state index in [0.717, 1.165) is 11.8 Å². The lowest BCUT2D eigenvalue weighted by Crippen LogP contribution is -2.08. The van der Waals surface area contributed by atoms with Crippen LogP contribution in [0.3, 0.4) is 0 Å². The number of aldehydes is 1. The molecule has 1 heterocycles. The summed E-state index contributed by atoms with van der Waals surface area (Å²) in [6.07, 6.45) is 0.531. The van der Waals surface area contributed by atoms with Gasteiger partial charge in [-0.25, -0.2) is 4.98 Å². The number of hydrogen-bond donors (Lipinski definition) is 1. The van der Waals surface area contributed by atoms with E-state index in [2.05, 4.69) is 9.97 Å². The molecule has 0 saturated heterocycles. The van der Waals surface area contributed by atoms with Crippen molar-refractivity contribution in [2.45, 2.75) is 17.0 Å². The number of carbonyl (C=O) groups is 1. The van der Waals surface area contributed by atoms with Crippen molar-refractivity contribution < 1.29 is 9.72 Å². The van der Waals surface area contributed by atoms with Crippen LogP contribution >= 0.6 is 11.8 Å². The lowest BCUT2D eigenvalue weighted by atomic mass is 10.2. The maximum Gasteiger partial charge on any atom is 0.270 e. The number of benzene rings is 1. The van der Waals surface area contributed by atoms with Gasteiger partial charge in [0.15, 0.2) is 11.4 Å². The number of hydrogen-bond acceptors (Lipinski definition) is 6. The minimum Gasteiger partial charge on any atom is -0.301 e. The molecule has 0 aliphatic carbocycles. The topological polar surface area (TPSA) is 106 Å². The molecule has 1 aromatic heterocycles. The van der Waals surface area contributed by atoms with Crippen LogP contribution in [0.1, 0.15) is 16.1 Å². The Bertz CT molecular complexity index is 742. The van der Waals surface area contributed by atoms with E-state index >= 15 is 0 Å². The molecule has 0 aliphatic heterocycles. The summed E-state index contributed by atoms with van der Waals surface area (Å²) in [5.74, 6) is 0. The van der Waals surface area contributed by atoms with Crippen LogP contribution in [0.5, 0.6) is 0 Å². The predicted molar refractivity (Wildman–Crippen MR) is 72.2 cm³/mol. The van der Waals surface area contributed by atoms with Gasteiger partial charge < -0.3 is 4.98 Å². The van der Waals surface area contributed by atoms with Crippen molar-refractivity contribution in [1.29, 1.82) is 0 Å². The summed E-state index contributed by atoms with van der Waals surface area (Å²) < 4.78 is 0. The normalized spacial score (nSPS) is 10.2. The highest BCUT2D eigenvalue weighted by atomic mass is 32.2. The van der Waals surface area contributed by atoms with Crippen molar-refractivity contribution in [3.63, 3.8) is 0 Å². The van der Waals surface area contributed by atoms with Gasteiger partial charge >= 0.3 is 0 Å². The van der Waals surface area contributed by atoms with E-state index in [1.54, 1.807) is 6.92 Å². The number of aromatic amines is 1. The summed E-state index contributed by atoms with van der Waals surface area (Å²) in [4.78, 5) is 39.5. The van der Waals surface area contributed by atoms with Crippen LogP contribution in [0.2, 0.25) is 0 Å². The lowest BCUT2D eigenvalue weighted by Gasteiger charge is -2.04. The minimum atomic E-state index is -0.575. The molecule has 2 rings (SSSR count). The molecule has 102 valence electrons. The maximum atomic E-state index is 11.3. The third-order valence-corrected chi connectivity index (χ3v) is 3.36. The zero-order valence-corrected chi connectivity index (χ0v) is 11.1. The van der Waals surface area contributed by atoms with Crippen molar-refractivity contribution in [3.05, 3.63) is 56.0 Å². The van der Waals surface area contributed by atoms with Crippen LogP contribution in [-0.4, -0.2) is 21.2 Å². The smallest absolute Gasteiger partial charge is 0.270 e. The Balaban J connectivity index is 2.40. The summed E-state index contributed by atoms with van der Waals surface area (Å²) in [6.45, 7) is 1.68. The van der Waals surface area contributed by atoms with Gasteiger partial charge in [-0.3, -0.25) is 19.7 Å². The first-order chi connectivity index (χ1) is 9.49. The fourth-order valence-electron chi connectivity index (χ4n) is 1.54. The lowest BCUT2D eigenvalue weighted by molar-refractivity contribution is -0.384. The minimum absolute atomic E-state index is 0.165. The number of non-ortho nitro benzene ring substituents is 1. The molecular weight excluding hydrogens is 282 g/mol. The summed E-state index contributed by atoms with van der Waals surface area (Å²) in [5.41, 5.74) is 0.260. The van der Waals surface area contributed by atoms with E-state index in [-0.39, 0.29) is 16.8 Å². The molecule has 0 saturated carbocycles. The van der Waals surface area contributed by atoms with Crippen molar-refractivity contribution >= 4 is 23.7 Å². The van der Waals surface area contributed by atoms with Gasteiger partial charge in [0, 0.05) is 34.4 Å². The number of rotatable bonds is 4. The number of nitrogens with zero attached hydrogens (tertiary/aromatic N) is 2. The summed E-state index contributed by atoms with van der Waals surface area (Å²) in [5, 5.41) is 11.0. The van der Waals surface area contributed by atoms with Gasteiger partial charge in [0.25, 0.3) is 11.2 Å². The predicted octanol–water partition coefficient (Wildman–Crippen LogP) is 1.95. The standard InChI is InChI=1S/C12H9N3O4S/c1-7-4-11(17)14-12(13-7)20-10-3-2-9(15(18)19)5-8(10)6-16/h2-6H,1H3,(H,13,14,17). The number of nitro benzene ring substituents is 1. The second-order valence-corrected chi connectivity index (χ2v) is 4.92. The Labute approximate surface area is 117 Å². The Kier molecular flexibility index (Phi) is 3.94. The molecule has 1 N–H and O–H groups in total. The maximum absolute atomic E-state index is 11.3. The van der Waals surface area contributed by atoms with Crippen LogP contribution in [0.25, 0.3) is 0 Å². The number of aromatic nitrogens is 2. The van der Waals surface area contributed by atoms with Crippen LogP contribution in [0.4, 0.5) is 5.69 Å². The van der Waals surface area contributed by atoms with Crippen molar-refractivity contribution in [2.24, 2.45) is 0 Å². The Morgan fingerprint density at radius 3 is 2.75 bits per heavy atom. The third-order valence-electron chi connectivity index (χ3n) is 2.39. The van der Waals surface area contributed by atoms with Crippen molar-refractivity contribution in [3.8, 4) is 0 Å². The highest BCUT2D eigenvalue weighted by molar-refractivity contribution is 7.99. The molecule has 1 aromatic carbocycles. The first-order valence-corrected chi connectivity index (χ1v) is 6.30. The quantitative estimate of drug-likeness (QED) is 0.399. The van der Waals surface area contributed by atoms with Gasteiger partial charge in [-0.15, -0.1) is 0 Å². The molecule has 0 bridgehead atoms. The fraction of sp³-hybridized carbons (Fsp3) is 0.0833. The van der Waals surface area contributed by atoms with E-state index < -0.39 is 4.92 Å². The van der Waals surface area contributed by atoms with Gasteiger partial charge in [0.05, 0.1) is 4.92 Å². The largest absolute Gasteiger partial charge is 0.301 e. The SMILES string of the molecule is Cc1cc(=O)[nH]c(Sc2ccc([N+](=O)[O-])cc2C=O)n1. The van der Waals surface area contributed by atoms with E-state index in [4.69, 9.17) is 0 Å². The average molecular weight is 291 g/mol. The number of nitro groups is 1. The number of carbonyl (C=O) groups excluding carboxylic acids is 1. The molecule has 2 aromatic rings. The van der Waals surface area contributed by atoms with Crippen LogP contribution in [0.15, 0.2) is 39.1 Å². The fourth-order valence-corrected chi connectivity index (χ4v) is 2.45. The van der Waals surface area contributed by atoms with E-state index in [1.165, 1.54) is 24.3 Å². The Morgan fingerprint density at radius 2 is 2.15 bits per heavy atom. The average Bonchev–Trinajstić information content (AvgIpc) is 2.37. The second kappa shape index (κ2) is 5.66. The molecule has 0 fully saturated rings. The van der Waals surface area contributed by atoms with Gasteiger partial charge in [-0.2, -0.15) is 0 Å². The van der Waals surface area contributed by atoms with E-state index in [9.17, 15) is 19.7 Å². The van der Waals surface area contributed by atoms with Crippen LogP contribution in [-0.2, 0) is 0 Å². The van der Waals surface area contributed by atoms with Gasteiger partial charge in [0.2, 0.25) is 0 Å². The molecule has 7 nitrogen and oxygen atoms in total. The number of aryl methyl sites for hydroxylation is 1. The highest BCUT2D eigenvalue weighted by Crippen LogP contribution is 2.29. The monoisotopic (exact) mass is 291 g/mol. The molecule has 0 unspecified atom stereocenters. The van der Waals surface area contributed by atoms with E-state index in [0.29, 0.717) is 22.0 Å². The molecule has 0 amide bonds. The van der Waals surface area contributed by atoms with Crippen molar-refractivity contribution in [2.75, 3.05) is 0 Å². The van der Waals surface area contributed by atoms with Crippen molar-refractivity contribution in [1.82, 2.24) is 9.97 Å². The number of nitrogens with one attached hydrogen (secondary N) is 1. The molecule has 0 spiro atoms. The molecular formula is C12H9N3O4S. The first kappa shape index (κ1) is 13.9. The van der Waals surface area contributed by atoms with Gasteiger partial charge in [-0.1, -0.05) is 11.8 Å². The second-order valence-electron chi connectivity index (χ2n) is 3.89. The molecule has 20 heavy (non-hydrogen) atoms. The van der Waals surface area contributed by atoms with Gasteiger partial charge in [0.1, 0.15) is 0 Å². The Morgan fingerprint density at radius 1 is 1.40 bits per heavy atom. The van der Waals surface area contributed by atoms with Crippen LogP contribution in [0, 0.1) is 17.0 Å². The highest BCUT2D eigenvalue weighted by Gasteiger charge is 2.12. The van der Waals surface area contributed by atoms with Crippen LogP contribution < -0.4 is 5.56 Å². The molecule has 8 heteroatoms. The first-order valence-electron chi connectivity index (χ1n) is 5.49. The van der Waals surface area contributed by atoms with Gasteiger partial charge in [-0.05, 0) is 13.0 Å². The summed E-state index contributed by atoms with van der Waals surface area (Å²) in [7, 11) is 0. The third kappa shape index (κ3) is 3.09.